The van der Waals surface area contributed by atoms with E-state index in [-0.39, 0.29) is 11.9 Å². The van der Waals surface area contributed by atoms with Gasteiger partial charge in [-0.15, -0.1) is 10.2 Å². The van der Waals surface area contributed by atoms with Crippen LogP contribution < -0.4 is 10.1 Å². The molecule has 0 spiro atoms. The maximum Gasteiger partial charge on any atom is 0.220 e. The molecule has 0 saturated carbocycles. The number of aryl methyl sites for hydroxylation is 1. The monoisotopic (exact) mass is 324 g/mol. The zero-order valence-corrected chi connectivity index (χ0v) is 13.8. The van der Waals surface area contributed by atoms with Crippen LogP contribution in [0.15, 0.2) is 48.7 Å². The highest BCUT2D eigenvalue weighted by atomic mass is 16.5. The summed E-state index contributed by atoms with van der Waals surface area (Å²) in [5.74, 6) is 1.53. The predicted octanol–water partition coefficient (Wildman–Crippen LogP) is 2.55. The average molecular weight is 324 g/mol. The zero-order chi connectivity index (χ0) is 16.9. The molecule has 0 unspecified atom stereocenters. The lowest BCUT2D eigenvalue weighted by Gasteiger charge is -2.12. The van der Waals surface area contributed by atoms with E-state index in [1.165, 1.54) is 0 Å². The number of ether oxygens (including phenoxy) is 1. The molecule has 0 aliphatic heterocycles. The number of methoxy groups -OCH3 is 1. The van der Waals surface area contributed by atoms with Crippen molar-refractivity contribution in [2.75, 3.05) is 7.11 Å². The Bertz CT molecular complexity index is 826. The maximum absolute atomic E-state index is 12.2. The third-order valence-electron chi connectivity index (χ3n) is 3.90. The summed E-state index contributed by atoms with van der Waals surface area (Å²) in [5, 5.41) is 11.3. The standard InChI is InChI=1S/C18H20N4O2/c1-13(18-21-20-16-5-3-4-12-22(16)18)19-17(23)11-8-14-6-9-15(24-2)10-7-14/h3-7,9-10,12-13H,8,11H2,1-2H3,(H,19,23)/t13-/m1/s1. The fourth-order valence-electron chi connectivity index (χ4n) is 2.58. The lowest BCUT2D eigenvalue weighted by Crippen LogP contribution is -2.28. The highest BCUT2D eigenvalue weighted by Gasteiger charge is 2.15. The fourth-order valence-corrected chi connectivity index (χ4v) is 2.58. The largest absolute Gasteiger partial charge is 0.497 e. The molecule has 124 valence electrons. The molecule has 1 amide bonds. The second kappa shape index (κ2) is 7.12. The molecule has 0 aliphatic carbocycles. The lowest BCUT2D eigenvalue weighted by molar-refractivity contribution is -0.121. The van der Waals surface area contributed by atoms with Crippen molar-refractivity contribution < 1.29 is 9.53 Å². The molecule has 1 aromatic carbocycles. The molecule has 1 N–H and O–H groups in total. The van der Waals surface area contributed by atoms with E-state index in [2.05, 4.69) is 15.5 Å². The molecule has 3 aromatic rings. The van der Waals surface area contributed by atoms with Crippen molar-refractivity contribution in [3.63, 3.8) is 0 Å². The van der Waals surface area contributed by atoms with Crippen LogP contribution in [0.1, 0.15) is 30.8 Å². The Morgan fingerprint density at radius 3 is 2.75 bits per heavy atom. The quantitative estimate of drug-likeness (QED) is 0.756. The SMILES string of the molecule is COc1ccc(CCC(=O)N[C@H](C)c2nnc3ccccn23)cc1. The average Bonchev–Trinajstić information content (AvgIpc) is 3.04. The van der Waals surface area contributed by atoms with E-state index in [0.29, 0.717) is 12.8 Å². The van der Waals surface area contributed by atoms with Crippen molar-refractivity contribution >= 4 is 11.6 Å². The first-order chi connectivity index (χ1) is 11.7. The van der Waals surface area contributed by atoms with Gasteiger partial charge in [-0.3, -0.25) is 9.20 Å². The number of hydrogen-bond acceptors (Lipinski definition) is 4. The number of amides is 1. The Labute approximate surface area is 140 Å². The van der Waals surface area contributed by atoms with Crippen LogP contribution in [0, 0.1) is 0 Å². The zero-order valence-electron chi connectivity index (χ0n) is 13.8. The van der Waals surface area contributed by atoms with Crippen LogP contribution in [0.2, 0.25) is 0 Å². The Hall–Kier alpha value is -2.89. The minimum Gasteiger partial charge on any atom is -0.497 e. The van der Waals surface area contributed by atoms with Crippen LogP contribution in [0.25, 0.3) is 5.65 Å². The van der Waals surface area contributed by atoms with E-state index in [9.17, 15) is 4.79 Å². The number of nitrogens with zero attached hydrogens (tertiary/aromatic N) is 3. The van der Waals surface area contributed by atoms with Crippen molar-refractivity contribution in [3.05, 3.63) is 60.0 Å². The van der Waals surface area contributed by atoms with Gasteiger partial charge in [0, 0.05) is 12.6 Å². The molecular weight excluding hydrogens is 304 g/mol. The van der Waals surface area contributed by atoms with Gasteiger partial charge in [-0.1, -0.05) is 18.2 Å². The third kappa shape index (κ3) is 3.53. The first-order valence-corrected chi connectivity index (χ1v) is 7.89. The summed E-state index contributed by atoms with van der Waals surface area (Å²) >= 11 is 0. The van der Waals surface area contributed by atoms with Gasteiger partial charge >= 0.3 is 0 Å². The smallest absolute Gasteiger partial charge is 0.220 e. The molecule has 2 heterocycles. The minimum atomic E-state index is -0.203. The number of fused-ring (bicyclic) bond motifs is 1. The Morgan fingerprint density at radius 1 is 1.21 bits per heavy atom. The molecule has 2 aromatic heterocycles. The van der Waals surface area contributed by atoms with Crippen molar-refractivity contribution in [2.24, 2.45) is 0 Å². The highest BCUT2D eigenvalue weighted by Crippen LogP contribution is 2.14. The topological polar surface area (TPSA) is 68.5 Å². The molecule has 0 aliphatic rings. The summed E-state index contributed by atoms with van der Waals surface area (Å²) in [6, 6.07) is 13.3. The van der Waals surface area contributed by atoms with E-state index in [4.69, 9.17) is 4.74 Å². The fraction of sp³-hybridized carbons (Fsp3) is 0.278. The third-order valence-corrected chi connectivity index (χ3v) is 3.90. The second-order valence-electron chi connectivity index (χ2n) is 5.62. The van der Waals surface area contributed by atoms with Crippen LogP contribution in [0.5, 0.6) is 5.75 Å². The molecule has 0 saturated heterocycles. The Balaban J connectivity index is 1.57. The van der Waals surface area contributed by atoms with Crippen LogP contribution in [0.3, 0.4) is 0 Å². The summed E-state index contributed by atoms with van der Waals surface area (Å²) in [4.78, 5) is 12.2. The number of carbonyl (C=O) groups excluding carboxylic acids is 1. The Morgan fingerprint density at radius 2 is 2.00 bits per heavy atom. The lowest BCUT2D eigenvalue weighted by atomic mass is 10.1. The number of benzene rings is 1. The summed E-state index contributed by atoms with van der Waals surface area (Å²) in [6.07, 6.45) is 3.00. The van der Waals surface area contributed by atoms with Crippen molar-refractivity contribution in [3.8, 4) is 5.75 Å². The van der Waals surface area contributed by atoms with Gasteiger partial charge in [-0.25, -0.2) is 0 Å². The number of rotatable bonds is 6. The summed E-state index contributed by atoms with van der Waals surface area (Å²) in [7, 11) is 1.64. The van der Waals surface area contributed by atoms with Gasteiger partial charge in [0.1, 0.15) is 5.75 Å². The number of carbonyl (C=O) groups is 1. The van der Waals surface area contributed by atoms with Crippen molar-refractivity contribution in [2.45, 2.75) is 25.8 Å². The Kier molecular flexibility index (Phi) is 4.74. The van der Waals surface area contributed by atoms with E-state index < -0.39 is 0 Å². The molecule has 0 bridgehead atoms. The molecule has 1 atom stereocenters. The van der Waals surface area contributed by atoms with Gasteiger partial charge in [0.05, 0.1) is 13.2 Å². The van der Waals surface area contributed by atoms with Crippen molar-refractivity contribution in [1.82, 2.24) is 19.9 Å². The van der Waals surface area contributed by atoms with Crippen LogP contribution >= 0.6 is 0 Å². The number of nitrogens with one attached hydrogen (secondary N) is 1. The predicted molar refractivity (Wildman–Crippen MR) is 90.9 cm³/mol. The molecular formula is C18H20N4O2. The number of hydrogen-bond donors (Lipinski definition) is 1. The van der Waals surface area contributed by atoms with Gasteiger partial charge < -0.3 is 10.1 Å². The molecule has 0 radical (unpaired) electrons. The molecule has 3 rings (SSSR count). The van der Waals surface area contributed by atoms with E-state index in [0.717, 1.165) is 22.8 Å². The van der Waals surface area contributed by atoms with Crippen LogP contribution in [-0.4, -0.2) is 27.6 Å². The maximum atomic E-state index is 12.2. The van der Waals surface area contributed by atoms with Gasteiger partial charge in [-0.2, -0.15) is 0 Å². The van der Waals surface area contributed by atoms with E-state index >= 15 is 0 Å². The van der Waals surface area contributed by atoms with E-state index in [1.807, 2.05) is 60.0 Å². The number of aromatic nitrogens is 3. The highest BCUT2D eigenvalue weighted by molar-refractivity contribution is 5.76. The first kappa shape index (κ1) is 16.0. The summed E-state index contributed by atoms with van der Waals surface area (Å²) in [5.41, 5.74) is 1.87. The molecule has 6 nitrogen and oxygen atoms in total. The van der Waals surface area contributed by atoms with E-state index in [1.54, 1.807) is 7.11 Å². The minimum absolute atomic E-state index is 0.00833. The number of pyridine rings is 1. The van der Waals surface area contributed by atoms with Gasteiger partial charge in [0.15, 0.2) is 11.5 Å². The first-order valence-electron chi connectivity index (χ1n) is 7.89. The normalized spacial score (nSPS) is 12.1. The van der Waals surface area contributed by atoms with Crippen molar-refractivity contribution in [1.29, 1.82) is 0 Å². The van der Waals surface area contributed by atoms with Crippen LogP contribution in [-0.2, 0) is 11.2 Å². The molecule has 6 heteroatoms. The molecule has 0 fully saturated rings. The molecule has 24 heavy (non-hydrogen) atoms. The summed E-state index contributed by atoms with van der Waals surface area (Å²) in [6.45, 7) is 1.91. The van der Waals surface area contributed by atoms with Gasteiger partial charge in [0.2, 0.25) is 5.91 Å². The van der Waals surface area contributed by atoms with Crippen LogP contribution in [0.4, 0.5) is 0 Å². The second-order valence-corrected chi connectivity index (χ2v) is 5.62. The van der Waals surface area contributed by atoms with Gasteiger partial charge in [0.25, 0.3) is 0 Å². The summed E-state index contributed by atoms with van der Waals surface area (Å²) < 4.78 is 7.01. The van der Waals surface area contributed by atoms with Gasteiger partial charge in [-0.05, 0) is 43.2 Å².